The van der Waals surface area contributed by atoms with E-state index in [1.165, 1.54) is 33.5 Å². The normalized spacial score (nSPS) is 10.8. The molecule has 0 aliphatic rings. The van der Waals surface area contributed by atoms with Crippen LogP contribution in [0.5, 0.6) is 5.75 Å². The van der Waals surface area contributed by atoms with E-state index in [4.69, 9.17) is 4.74 Å². The number of methoxy groups -OCH3 is 1. The first-order chi connectivity index (χ1) is 14.3. The van der Waals surface area contributed by atoms with Crippen LogP contribution in [0.1, 0.15) is 18.1 Å². The van der Waals surface area contributed by atoms with Gasteiger partial charge in [0.2, 0.25) is 0 Å². The molecule has 0 aliphatic carbocycles. The molecule has 1 aromatic heterocycles. The number of nitrogens with zero attached hydrogens (tertiary/aromatic N) is 1. The minimum atomic E-state index is 0.885. The standard InChI is InChI=1S/C27H27NO/c1-3-28-20-24(15-14-21-10-6-4-7-11-21)26(22-16-18-25(29-2)19-17-22)27(28)23-12-8-5-9-13-23/h4-13,16-20H,3,14-15H2,1-2H3. The molecule has 2 heteroatoms. The number of ether oxygens (including phenoxy) is 1. The van der Waals surface area contributed by atoms with Gasteiger partial charge in [0.1, 0.15) is 5.75 Å². The Labute approximate surface area is 173 Å². The molecule has 4 rings (SSSR count). The Morgan fingerprint density at radius 2 is 1.38 bits per heavy atom. The Hall–Kier alpha value is -3.26. The molecule has 0 bridgehead atoms. The first-order valence-corrected chi connectivity index (χ1v) is 10.3. The summed E-state index contributed by atoms with van der Waals surface area (Å²) in [5.74, 6) is 0.885. The van der Waals surface area contributed by atoms with E-state index in [0.29, 0.717) is 0 Å². The number of aromatic nitrogens is 1. The molecule has 0 spiro atoms. The smallest absolute Gasteiger partial charge is 0.118 e. The van der Waals surface area contributed by atoms with Gasteiger partial charge in [0.05, 0.1) is 12.8 Å². The first-order valence-electron chi connectivity index (χ1n) is 10.3. The van der Waals surface area contributed by atoms with Gasteiger partial charge in [0.15, 0.2) is 0 Å². The van der Waals surface area contributed by atoms with Crippen molar-refractivity contribution in [3.05, 3.63) is 102 Å². The summed E-state index contributed by atoms with van der Waals surface area (Å²) in [6.07, 6.45) is 4.38. The Balaban J connectivity index is 1.82. The van der Waals surface area contributed by atoms with Gasteiger partial charge in [-0.2, -0.15) is 0 Å². The molecule has 0 aliphatic heterocycles. The maximum atomic E-state index is 5.38. The Kier molecular flexibility index (Phi) is 5.81. The van der Waals surface area contributed by atoms with Crippen molar-refractivity contribution in [2.45, 2.75) is 26.3 Å². The Bertz CT molecular complexity index is 1050. The van der Waals surface area contributed by atoms with Gasteiger partial charge in [-0.1, -0.05) is 72.8 Å². The summed E-state index contributed by atoms with van der Waals surface area (Å²) >= 11 is 0. The van der Waals surface area contributed by atoms with Crippen LogP contribution in [0.25, 0.3) is 22.4 Å². The summed E-state index contributed by atoms with van der Waals surface area (Å²) in [7, 11) is 1.71. The Morgan fingerprint density at radius 3 is 2.00 bits per heavy atom. The van der Waals surface area contributed by atoms with Crippen LogP contribution in [0.15, 0.2) is 91.1 Å². The lowest BCUT2D eigenvalue weighted by Crippen LogP contribution is -1.96. The van der Waals surface area contributed by atoms with Gasteiger partial charge in [-0.15, -0.1) is 0 Å². The minimum absolute atomic E-state index is 0.885. The molecule has 0 atom stereocenters. The van der Waals surface area contributed by atoms with E-state index in [9.17, 15) is 0 Å². The van der Waals surface area contributed by atoms with E-state index in [1.54, 1.807) is 7.11 Å². The second-order valence-corrected chi connectivity index (χ2v) is 7.24. The predicted molar refractivity (Wildman–Crippen MR) is 121 cm³/mol. The van der Waals surface area contributed by atoms with Crippen LogP contribution in [-0.4, -0.2) is 11.7 Å². The van der Waals surface area contributed by atoms with E-state index in [1.807, 2.05) is 12.1 Å². The average molecular weight is 382 g/mol. The van der Waals surface area contributed by atoms with Gasteiger partial charge >= 0.3 is 0 Å². The lowest BCUT2D eigenvalue weighted by molar-refractivity contribution is 0.415. The summed E-state index contributed by atoms with van der Waals surface area (Å²) in [6, 6.07) is 29.9. The van der Waals surface area contributed by atoms with Gasteiger partial charge in [-0.25, -0.2) is 0 Å². The fraction of sp³-hybridized carbons (Fsp3) is 0.185. The second kappa shape index (κ2) is 8.83. The van der Waals surface area contributed by atoms with Crippen LogP contribution in [0.4, 0.5) is 0 Å². The van der Waals surface area contributed by atoms with Crippen molar-refractivity contribution in [1.29, 1.82) is 0 Å². The summed E-state index contributed by atoms with van der Waals surface area (Å²) < 4.78 is 7.76. The van der Waals surface area contributed by atoms with E-state index in [2.05, 4.69) is 90.5 Å². The highest BCUT2D eigenvalue weighted by Crippen LogP contribution is 2.38. The molecule has 0 amide bonds. The van der Waals surface area contributed by atoms with Crippen molar-refractivity contribution in [3.8, 4) is 28.1 Å². The van der Waals surface area contributed by atoms with Crippen LogP contribution in [-0.2, 0) is 19.4 Å². The molecule has 29 heavy (non-hydrogen) atoms. The third-order valence-electron chi connectivity index (χ3n) is 5.45. The third kappa shape index (κ3) is 4.12. The van der Waals surface area contributed by atoms with Crippen molar-refractivity contribution in [2.24, 2.45) is 0 Å². The van der Waals surface area contributed by atoms with Crippen LogP contribution in [0.3, 0.4) is 0 Å². The lowest BCUT2D eigenvalue weighted by Gasteiger charge is -2.12. The molecule has 0 unspecified atom stereocenters. The van der Waals surface area contributed by atoms with Gasteiger partial charge in [0, 0.05) is 18.3 Å². The average Bonchev–Trinajstić information content (AvgIpc) is 3.17. The predicted octanol–water partition coefficient (Wildman–Crippen LogP) is 6.64. The van der Waals surface area contributed by atoms with E-state index < -0.39 is 0 Å². The van der Waals surface area contributed by atoms with Crippen LogP contribution < -0.4 is 4.74 Å². The highest BCUT2D eigenvalue weighted by atomic mass is 16.5. The molecule has 2 nitrogen and oxygen atoms in total. The number of hydrogen-bond acceptors (Lipinski definition) is 1. The molecule has 0 saturated carbocycles. The molecule has 146 valence electrons. The molecule has 0 N–H and O–H groups in total. The highest BCUT2D eigenvalue weighted by molar-refractivity contribution is 5.84. The van der Waals surface area contributed by atoms with E-state index in [0.717, 1.165) is 25.1 Å². The van der Waals surface area contributed by atoms with Crippen molar-refractivity contribution in [1.82, 2.24) is 4.57 Å². The van der Waals surface area contributed by atoms with Crippen molar-refractivity contribution < 1.29 is 4.74 Å². The summed E-state index contributed by atoms with van der Waals surface area (Å²) in [6.45, 7) is 3.16. The number of hydrogen-bond donors (Lipinski definition) is 0. The highest BCUT2D eigenvalue weighted by Gasteiger charge is 2.18. The zero-order valence-corrected chi connectivity index (χ0v) is 17.1. The monoisotopic (exact) mass is 381 g/mol. The van der Waals surface area contributed by atoms with Crippen LogP contribution in [0.2, 0.25) is 0 Å². The SMILES string of the molecule is CCn1cc(CCc2ccccc2)c(-c2ccc(OC)cc2)c1-c1ccccc1. The van der Waals surface area contributed by atoms with Gasteiger partial charge in [-0.05, 0) is 54.2 Å². The molecule has 3 aromatic carbocycles. The van der Waals surface area contributed by atoms with E-state index >= 15 is 0 Å². The topological polar surface area (TPSA) is 14.2 Å². The number of aryl methyl sites for hydroxylation is 3. The summed E-state index contributed by atoms with van der Waals surface area (Å²) in [5.41, 5.74) is 7.88. The lowest BCUT2D eigenvalue weighted by atomic mass is 9.94. The van der Waals surface area contributed by atoms with Crippen molar-refractivity contribution >= 4 is 0 Å². The second-order valence-electron chi connectivity index (χ2n) is 7.24. The zero-order valence-electron chi connectivity index (χ0n) is 17.1. The van der Waals surface area contributed by atoms with Crippen molar-refractivity contribution in [2.75, 3.05) is 7.11 Å². The van der Waals surface area contributed by atoms with Gasteiger partial charge in [0.25, 0.3) is 0 Å². The molecule has 0 fully saturated rings. The van der Waals surface area contributed by atoms with Gasteiger partial charge < -0.3 is 9.30 Å². The Morgan fingerprint density at radius 1 is 0.724 bits per heavy atom. The summed E-state index contributed by atoms with van der Waals surface area (Å²) in [4.78, 5) is 0. The molecular formula is C27H27NO. The van der Waals surface area contributed by atoms with Crippen LogP contribution in [0, 0.1) is 0 Å². The fourth-order valence-corrected chi connectivity index (χ4v) is 3.96. The summed E-state index contributed by atoms with van der Waals surface area (Å²) in [5, 5.41) is 0. The maximum absolute atomic E-state index is 5.38. The zero-order chi connectivity index (χ0) is 20.1. The van der Waals surface area contributed by atoms with Crippen LogP contribution >= 0.6 is 0 Å². The fourth-order valence-electron chi connectivity index (χ4n) is 3.96. The van der Waals surface area contributed by atoms with Crippen molar-refractivity contribution in [3.63, 3.8) is 0 Å². The minimum Gasteiger partial charge on any atom is -0.497 e. The maximum Gasteiger partial charge on any atom is 0.118 e. The largest absolute Gasteiger partial charge is 0.497 e. The number of benzene rings is 3. The molecule has 0 radical (unpaired) electrons. The quantitative estimate of drug-likeness (QED) is 0.350. The molecule has 0 saturated heterocycles. The molecule has 1 heterocycles. The number of rotatable bonds is 7. The van der Waals surface area contributed by atoms with Gasteiger partial charge in [-0.3, -0.25) is 0 Å². The first kappa shape index (κ1) is 19.1. The van der Waals surface area contributed by atoms with E-state index in [-0.39, 0.29) is 0 Å². The third-order valence-corrected chi connectivity index (χ3v) is 5.45. The molecular weight excluding hydrogens is 354 g/mol. The molecule has 4 aromatic rings.